The average molecular weight is 281 g/mol. The van der Waals surface area contributed by atoms with Crippen LogP contribution in [-0.2, 0) is 0 Å². The number of benzene rings is 2. The van der Waals surface area contributed by atoms with Gasteiger partial charge in [-0.1, -0.05) is 30.9 Å². The third kappa shape index (κ3) is 4.80. The van der Waals surface area contributed by atoms with E-state index >= 15 is 0 Å². The van der Waals surface area contributed by atoms with Crippen molar-refractivity contribution in [3.63, 3.8) is 0 Å². The van der Waals surface area contributed by atoms with Crippen LogP contribution in [0.1, 0.15) is 22.3 Å². The second-order valence-electron chi connectivity index (χ2n) is 4.75. The van der Waals surface area contributed by atoms with Gasteiger partial charge in [-0.25, -0.2) is 0 Å². The molecule has 4 N–H and O–H groups in total. The molecule has 2 aromatic rings. The second kappa shape index (κ2) is 7.90. The van der Waals surface area contributed by atoms with Gasteiger partial charge in [-0.3, -0.25) is 5.41 Å². The summed E-state index contributed by atoms with van der Waals surface area (Å²) in [7, 11) is 1.85. The second-order valence-corrected chi connectivity index (χ2v) is 4.75. The first-order chi connectivity index (χ1) is 9.99. The van der Waals surface area contributed by atoms with Crippen molar-refractivity contribution in [2.24, 2.45) is 5.73 Å². The number of hydrogen-bond donors (Lipinski definition) is 3. The molecule has 0 spiro atoms. The van der Waals surface area contributed by atoms with Crippen LogP contribution in [0.25, 0.3) is 6.08 Å². The van der Waals surface area contributed by atoms with Crippen LogP contribution in [0.5, 0.6) is 0 Å². The molecule has 2 rings (SSSR count). The molecule has 0 unspecified atom stereocenters. The molecule has 21 heavy (non-hydrogen) atoms. The highest BCUT2D eigenvalue weighted by atomic mass is 14.8. The molecule has 0 amide bonds. The van der Waals surface area contributed by atoms with Crippen LogP contribution < -0.4 is 11.1 Å². The van der Waals surface area contributed by atoms with Crippen LogP contribution in [-0.4, -0.2) is 12.9 Å². The lowest BCUT2D eigenvalue weighted by molar-refractivity contribution is 1.36. The lowest BCUT2D eigenvalue weighted by Gasteiger charge is -2.02. The van der Waals surface area contributed by atoms with Crippen LogP contribution in [0, 0.1) is 19.3 Å². The van der Waals surface area contributed by atoms with Gasteiger partial charge in [-0.15, -0.1) is 0 Å². The molecule has 0 aromatic heterocycles. The Morgan fingerprint density at radius 2 is 1.62 bits per heavy atom. The number of anilines is 1. The molecule has 3 nitrogen and oxygen atoms in total. The Morgan fingerprint density at radius 1 is 1.10 bits per heavy atom. The van der Waals surface area contributed by atoms with Crippen LogP contribution in [0.2, 0.25) is 0 Å². The van der Waals surface area contributed by atoms with Gasteiger partial charge in [0.25, 0.3) is 0 Å². The highest BCUT2D eigenvalue weighted by Gasteiger charge is 1.94. The minimum atomic E-state index is 0.104. The lowest BCUT2D eigenvalue weighted by Crippen LogP contribution is -2.10. The number of rotatable bonds is 3. The van der Waals surface area contributed by atoms with E-state index in [1.165, 1.54) is 16.7 Å². The molecule has 0 aliphatic carbocycles. The Balaban J connectivity index is 0.000000211. The SMILES string of the molecule is C=Cc1c(C)cccc1C.CNc1ccc(C(=N)N)cc1. The summed E-state index contributed by atoms with van der Waals surface area (Å²) in [5.74, 6) is 0.104. The van der Waals surface area contributed by atoms with E-state index in [9.17, 15) is 0 Å². The minimum Gasteiger partial charge on any atom is -0.388 e. The zero-order chi connectivity index (χ0) is 15.8. The van der Waals surface area contributed by atoms with Crippen LogP contribution in [0.3, 0.4) is 0 Å². The molecule has 0 bridgehead atoms. The van der Waals surface area contributed by atoms with Crippen molar-refractivity contribution < 1.29 is 0 Å². The summed E-state index contributed by atoms with van der Waals surface area (Å²) in [4.78, 5) is 0. The van der Waals surface area contributed by atoms with Gasteiger partial charge in [-0.2, -0.15) is 0 Å². The summed E-state index contributed by atoms with van der Waals surface area (Å²) in [6.45, 7) is 7.96. The predicted octanol–water partition coefficient (Wildman–Crippen LogP) is 3.96. The molecule has 2 aromatic carbocycles. The number of nitrogens with two attached hydrogens (primary N) is 1. The fourth-order valence-corrected chi connectivity index (χ4v) is 1.97. The summed E-state index contributed by atoms with van der Waals surface area (Å²) < 4.78 is 0. The molecule has 0 atom stereocenters. The zero-order valence-electron chi connectivity index (χ0n) is 12.9. The molecule has 0 saturated carbocycles. The number of nitrogen functional groups attached to an aromatic ring is 1. The maximum atomic E-state index is 7.12. The molecule has 0 saturated heterocycles. The Kier molecular flexibility index (Phi) is 6.21. The van der Waals surface area contributed by atoms with Gasteiger partial charge < -0.3 is 11.1 Å². The standard InChI is InChI=1S/C10H12.C8H11N3/c1-4-10-8(2)6-5-7-9(10)3;1-11-7-4-2-6(3-5-7)8(9)10/h4-7H,1H2,2-3H3;2-5,11H,1H3,(H3,9,10). The van der Waals surface area contributed by atoms with Crippen molar-refractivity contribution in [1.82, 2.24) is 0 Å². The lowest BCUT2D eigenvalue weighted by atomic mass is 10.0. The summed E-state index contributed by atoms with van der Waals surface area (Å²) in [5.41, 5.74) is 10.9. The summed E-state index contributed by atoms with van der Waals surface area (Å²) in [6, 6.07) is 13.7. The van der Waals surface area contributed by atoms with E-state index in [4.69, 9.17) is 11.1 Å². The third-order valence-electron chi connectivity index (χ3n) is 3.23. The Morgan fingerprint density at radius 3 is 1.95 bits per heavy atom. The summed E-state index contributed by atoms with van der Waals surface area (Å²) in [6.07, 6.45) is 1.91. The Labute approximate surface area is 127 Å². The van der Waals surface area contributed by atoms with Crippen molar-refractivity contribution in [2.75, 3.05) is 12.4 Å². The van der Waals surface area contributed by atoms with Gasteiger partial charge in [-0.05, 0) is 54.8 Å². The first kappa shape index (κ1) is 16.5. The Bertz CT molecular complexity index is 593. The number of hydrogen-bond acceptors (Lipinski definition) is 2. The molecule has 0 fully saturated rings. The first-order valence-electron chi connectivity index (χ1n) is 6.80. The minimum absolute atomic E-state index is 0.104. The average Bonchev–Trinajstić information content (AvgIpc) is 2.48. The number of nitrogens with one attached hydrogen (secondary N) is 2. The molecule has 0 radical (unpaired) electrons. The van der Waals surface area contributed by atoms with E-state index in [0.29, 0.717) is 0 Å². The van der Waals surface area contributed by atoms with E-state index in [1.807, 2.05) is 37.4 Å². The van der Waals surface area contributed by atoms with Crippen LogP contribution in [0.4, 0.5) is 5.69 Å². The fraction of sp³-hybridized carbons (Fsp3) is 0.167. The zero-order valence-corrected chi connectivity index (χ0v) is 12.9. The maximum Gasteiger partial charge on any atom is 0.122 e. The molecule has 0 aliphatic heterocycles. The number of aryl methyl sites for hydroxylation is 2. The van der Waals surface area contributed by atoms with Gasteiger partial charge >= 0.3 is 0 Å². The van der Waals surface area contributed by atoms with E-state index in [1.54, 1.807) is 0 Å². The van der Waals surface area contributed by atoms with Crippen LogP contribution in [0.15, 0.2) is 49.0 Å². The molecule has 0 heterocycles. The predicted molar refractivity (Wildman–Crippen MR) is 93.0 cm³/mol. The third-order valence-corrected chi connectivity index (χ3v) is 3.23. The van der Waals surface area contributed by atoms with Crippen molar-refractivity contribution in [1.29, 1.82) is 5.41 Å². The smallest absolute Gasteiger partial charge is 0.122 e. The van der Waals surface area contributed by atoms with Gasteiger partial charge in [0.15, 0.2) is 0 Å². The van der Waals surface area contributed by atoms with Crippen molar-refractivity contribution in [3.8, 4) is 0 Å². The quantitative estimate of drug-likeness (QED) is 0.589. The van der Waals surface area contributed by atoms with Crippen molar-refractivity contribution >= 4 is 17.6 Å². The van der Waals surface area contributed by atoms with Gasteiger partial charge in [0.05, 0.1) is 0 Å². The molecular formula is C18H23N3. The van der Waals surface area contributed by atoms with E-state index in [0.717, 1.165) is 11.3 Å². The highest BCUT2D eigenvalue weighted by molar-refractivity contribution is 5.95. The number of amidine groups is 1. The summed E-state index contributed by atoms with van der Waals surface area (Å²) in [5, 5.41) is 10.1. The molecule has 3 heteroatoms. The van der Waals surface area contributed by atoms with Crippen LogP contribution >= 0.6 is 0 Å². The normalized spacial score (nSPS) is 9.29. The maximum absolute atomic E-state index is 7.12. The van der Waals surface area contributed by atoms with Gasteiger partial charge in [0.2, 0.25) is 0 Å². The van der Waals surface area contributed by atoms with Crippen molar-refractivity contribution in [2.45, 2.75) is 13.8 Å². The van der Waals surface area contributed by atoms with E-state index in [2.05, 4.69) is 43.9 Å². The van der Waals surface area contributed by atoms with Gasteiger partial charge in [0.1, 0.15) is 5.84 Å². The fourth-order valence-electron chi connectivity index (χ4n) is 1.97. The highest BCUT2D eigenvalue weighted by Crippen LogP contribution is 2.13. The monoisotopic (exact) mass is 281 g/mol. The topological polar surface area (TPSA) is 61.9 Å². The van der Waals surface area contributed by atoms with E-state index < -0.39 is 0 Å². The largest absolute Gasteiger partial charge is 0.388 e. The molecule has 0 aliphatic rings. The molecular weight excluding hydrogens is 258 g/mol. The summed E-state index contributed by atoms with van der Waals surface area (Å²) >= 11 is 0. The molecule has 110 valence electrons. The van der Waals surface area contributed by atoms with Crippen molar-refractivity contribution in [3.05, 3.63) is 71.3 Å². The first-order valence-corrected chi connectivity index (χ1v) is 6.80. The van der Waals surface area contributed by atoms with Gasteiger partial charge in [0, 0.05) is 18.3 Å². The Hall–Kier alpha value is -2.55. The van der Waals surface area contributed by atoms with E-state index in [-0.39, 0.29) is 5.84 Å².